The first-order chi connectivity index (χ1) is 8.22. The SMILES string of the molecule is CCN(c1nccc(C(N)=S)n1)C1CCCC1. The van der Waals surface area contributed by atoms with Crippen LogP contribution >= 0.6 is 12.2 Å². The molecule has 0 bridgehead atoms. The Balaban J connectivity index is 2.23. The summed E-state index contributed by atoms with van der Waals surface area (Å²) in [4.78, 5) is 11.4. The maximum Gasteiger partial charge on any atom is 0.226 e. The van der Waals surface area contributed by atoms with Gasteiger partial charge in [-0.1, -0.05) is 25.1 Å². The average Bonchev–Trinajstić information content (AvgIpc) is 2.84. The molecular formula is C12H18N4S. The molecule has 1 aliphatic rings. The summed E-state index contributed by atoms with van der Waals surface area (Å²) in [6.45, 7) is 3.06. The van der Waals surface area contributed by atoms with Crippen molar-refractivity contribution < 1.29 is 0 Å². The average molecular weight is 250 g/mol. The molecular weight excluding hydrogens is 232 g/mol. The van der Waals surface area contributed by atoms with E-state index in [-0.39, 0.29) is 0 Å². The van der Waals surface area contributed by atoms with Crippen LogP contribution in [-0.2, 0) is 0 Å². The van der Waals surface area contributed by atoms with E-state index in [0.717, 1.165) is 12.5 Å². The largest absolute Gasteiger partial charge is 0.388 e. The van der Waals surface area contributed by atoms with E-state index in [2.05, 4.69) is 21.8 Å². The van der Waals surface area contributed by atoms with Crippen LogP contribution < -0.4 is 10.6 Å². The summed E-state index contributed by atoms with van der Waals surface area (Å²) in [5.41, 5.74) is 6.25. The van der Waals surface area contributed by atoms with Gasteiger partial charge in [0.25, 0.3) is 0 Å². The third-order valence-corrected chi connectivity index (χ3v) is 3.47. The smallest absolute Gasteiger partial charge is 0.226 e. The van der Waals surface area contributed by atoms with Crippen LogP contribution in [-0.4, -0.2) is 27.5 Å². The Labute approximate surface area is 107 Å². The minimum absolute atomic E-state index is 0.330. The first kappa shape index (κ1) is 12.2. The lowest BCUT2D eigenvalue weighted by Crippen LogP contribution is -2.34. The monoisotopic (exact) mass is 250 g/mol. The molecule has 1 fully saturated rings. The second-order valence-corrected chi connectivity index (χ2v) is 4.77. The van der Waals surface area contributed by atoms with Gasteiger partial charge in [0.15, 0.2) is 0 Å². The Bertz CT molecular complexity index is 401. The molecule has 0 radical (unpaired) electrons. The van der Waals surface area contributed by atoms with E-state index in [9.17, 15) is 0 Å². The molecule has 92 valence electrons. The van der Waals surface area contributed by atoms with Gasteiger partial charge in [0.05, 0.1) is 0 Å². The quantitative estimate of drug-likeness (QED) is 0.827. The minimum atomic E-state index is 0.330. The third kappa shape index (κ3) is 2.72. The first-order valence-corrected chi connectivity index (χ1v) is 6.52. The van der Waals surface area contributed by atoms with Gasteiger partial charge >= 0.3 is 0 Å². The van der Waals surface area contributed by atoms with Crippen molar-refractivity contribution >= 4 is 23.2 Å². The summed E-state index contributed by atoms with van der Waals surface area (Å²) >= 11 is 4.95. The molecule has 0 saturated heterocycles. The highest BCUT2D eigenvalue weighted by atomic mass is 32.1. The molecule has 0 unspecified atom stereocenters. The predicted octanol–water partition coefficient (Wildman–Crippen LogP) is 1.88. The van der Waals surface area contributed by atoms with Crippen LogP contribution in [0, 0.1) is 0 Å². The second-order valence-electron chi connectivity index (χ2n) is 4.33. The van der Waals surface area contributed by atoms with E-state index < -0.39 is 0 Å². The molecule has 1 saturated carbocycles. The summed E-state index contributed by atoms with van der Waals surface area (Å²) in [5.74, 6) is 0.754. The highest BCUT2D eigenvalue weighted by Crippen LogP contribution is 2.25. The Morgan fingerprint density at radius 2 is 2.24 bits per heavy atom. The maximum absolute atomic E-state index is 5.60. The summed E-state index contributed by atoms with van der Waals surface area (Å²) in [6.07, 6.45) is 6.80. The number of aromatic nitrogens is 2. The van der Waals surface area contributed by atoms with E-state index in [1.165, 1.54) is 25.7 Å². The number of nitrogens with zero attached hydrogens (tertiary/aromatic N) is 3. The van der Waals surface area contributed by atoms with Crippen LogP contribution in [0.3, 0.4) is 0 Å². The minimum Gasteiger partial charge on any atom is -0.388 e. The molecule has 0 amide bonds. The van der Waals surface area contributed by atoms with E-state index >= 15 is 0 Å². The van der Waals surface area contributed by atoms with Gasteiger partial charge in [0.2, 0.25) is 5.95 Å². The Kier molecular flexibility index (Phi) is 3.89. The van der Waals surface area contributed by atoms with E-state index in [4.69, 9.17) is 18.0 Å². The molecule has 1 heterocycles. The van der Waals surface area contributed by atoms with Gasteiger partial charge in [-0.15, -0.1) is 0 Å². The predicted molar refractivity (Wildman–Crippen MR) is 73.2 cm³/mol. The Hall–Kier alpha value is -1.23. The van der Waals surface area contributed by atoms with Gasteiger partial charge in [-0.25, -0.2) is 9.97 Å². The molecule has 17 heavy (non-hydrogen) atoms. The van der Waals surface area contributed by atoms with Gasteiger partial charge in [-0.3, -0.25) is 0 Å². The lowest BCUT2D eigenvalue weighted by molar-refractivity contribution is 0.605. The fraction of sp³-hybridized carbons (Fsp3) is 0.583. The van der Waals surface area contributed by atoms with Crippen LogP contribution in [0.2, 0.25) is 0 Å². The number of anilines is 1. The van der Waals surface area contributed by atoms with E-state index in [1.54, 1.807) is 12.3 Å². The summed E-state index contributed by atoms with van der Waals surface area (Å²) in [5, 5.41) is 0. The van der Waals surface area contributed by atoms with Crippen molar-refractivity contribution in [2.45, 2.75) is 38.6 Å². The van der Waals surface area contributed by atoms with E-state index in [1.807, 2.05) is 0 Å². The van der Waals surface area contributed by atoms with Crippen molar-refractivity contribution in [2.24, 2.45) is 5.73 Å². The van der Waals surface area contributed by atoms with Crippen LogP contribution in [0.15, 0.2) is 12.3 Å². The van der Waals surface area contributed by atoms with Crippen molar-refractivity contribution in [1.29, 1.82) is 0 Å². The van der Waals surface area contributed by atoms with Gasteiger partial charge in [0.1, 0.15) is 10.7 Å². The van der Waals surface area contributed by atoms with E-state index in [0.29, 0.717) is 16.7 Å². The summed E-state index contributed by atoms with van der Waals surface area (Å²) < 4.78 is 0. The zero-order valence-electron chi connectivity index (χ0n) is 10.1. The molecule has 5 heteroatoms. The van der Waals surface area contributed by atoms with Gasteiger partial charge in [-0.05, 0) is 25.8 Å². The molecule has 0 aliphatic heterocycles. The number of rotatable bonds is 4. The molecule has 4 nitrogen and oxygen atoms in total. The van der Waals surface area contributed by atoms with Crippen molar-refractivity contribution in [1.82, 2.24) is 9.97 Å². The van der Waals surface area contributed by atoms with Crippen molar-refractivity contribution in [2.75, 3.05) is 11.4 Å². The normalized spacial score (nSPS) is 16.1. The molecule has 1 aliphatic carbocycles. The highest BCUT2D eigenvalue weighted by Gasteiger charge is 2.23. The van der Waals surface area contributed by atoms with Crippen LogP contribution in [0.1, 0.15) is 38.3 Å². The van der Waals surface area contributed by atoms with Gasteiger partial charge < -0.3 is 10.6 Å². The molecule has 0 aromatic carbocycles. The number of nitrogens with two attached hydrogens (primary N) is 1. The fourth-order valence-corrected chi connectivity index (χ4v) is 2.52. The van der Waals surface area contributed by atoms with Crippen molar-refractivity contribution in [3.63, 3.8) is 0 Å². The van der Waals surface area contributed by atoms with Gasteiger partial charge in [0, 0.05) is 18.8 Å². The summed E-state index contributed by atoms with van der Waals surface area (Å²) in [7, 11) is 0. The van der Waals surface area contributed by atoms with Gasteiger partial charge in [-0.2, -0.15) is 0 Å². The molecule has 2 rings (SSSR count). The van der Waals surface area contributed by atoms with Crippen LogP contribution in [0.5, 0.6) is 0 Å². The maximum atomic E-state index is 5.60. The highest BCUT2D eigenvalue weighted by molar-refractivity contribution is 7.80. The number of hydrogen-bond donors (Lipinski definition) is 1. The standard InChI is InChI=1S/C12H18N4S/c1-2-16(9-5-3-4-6-9)12-14-8-7-10(15-12)11(13)17/h7-9H,2-6H2,1H3,(H2,13,17). The van der Waals surface area contributed by atoms with Crippen LogP contribution in [0.4, 0.5) is 5.95 Å². The zero-order valence-corrected chi connectivity index (χ0v) is 10.9. The number of thiocarbonyl (C=S) groups is 1. The molecule has 0 atom stereocenters. The van der Waals surface area contributed by atoms with Crippen LogP contribution in [0.25, 0.3) is 0 Å². The third-order valence-electron chi connectivity index (χ3n) is 3.26. The molecule has 0 spiro atoms. The lowest BCUT2D eigenvalue weighted by atomic mass is 10.2. The number of hydrogen-bond acceptors (Lipinski definition) is 4. The fourth-order valence-electron chi connectivity index (χ4n) is 2.40. The molecule has 1 aromatic heterocycles. The topological polar surface area (TPSA) is 55.0 Å². The first-order valence-electron chi connectivity index (χ1n) is 6.12. The van der Waals surface area contributed by atoms with Crippen molar-refractivity contribution in [3.8, 4) is 0 Å². The summed E-state index contributed by atoms with van der Waals surface area (Å²) in [6, 6.07) is 2.33. The zero-order chi connectivity index (χ0) is 12.3. The Morgan fingerprint density at radius 3 is 2.82 bits per heavy atom. The van der Waals surface area contributed by atoms with Crippen molar-refractivity contribution in [3.05, 3.63) is 18.0 Å². The lowest BCUT2D eigenvalue weighted by Gasteiger charge is -2.27. The Morgan fingerprint density at radius 1 is 1.53 bits per heavy atom. The second kappa shape index (κ2) is 5.40. The molecule has 1 aromatic rings. The molecule has 2 N–H and O–H groups in total.